The Morgan fingerprint density at radius 1 is 1.33 bits per heavy atom. The number of rotatable bonds is 4. The highest BCUT2D eigenvalue weighted by Crippen LogP contribution is 2.30. The molecular weight excluding hydrogens is 219 g/mol. The maximum atomic E-state index is 10.9. The van der Waals surface area contributed by atoms with Crippen molar-refractivity contribution in [3.05, 3.63) is 6.33 Å². The van der Waals surface area contributed by atoms with Gasteiger partial charge < -0.3 is 14.7 Å². The summed E-state index contributed by atoms with van der Waals surface area (Å²) in [6.07, 6.45) is 1.11. The Bertz CT molecular complexity index is 376. The molecule has 0 aliphatic heterocycles. The van der Waals surface area contributed by atoms with Crippen LogP contribution in [0, 0.1) is 0 Å². The van der Waals surface area contributed by atoms with E-state index in [0.29, 0.717) is 13.1 Å². The zero-order valence-electron chi connectivity index (χ0n) is 8.53. The van der Waals surface area contributed by atoms with E-state index in [1.807, 2.05) is 13.8 Å². The fourth-order valence-electron chi connectivity index (χ4n) is 1.08. The van der Waals surface area contributed by atoms with Gasteiger partial charge in [0.05, 0.1) is 0 Å². The standard InChI is InChI=1S/C7H13N4O3P/c1-3-11(4-2)6-8-5-9-7(10-6)15(12,13)14/h5H,3-4H2,1-2H3,(H2,12,13,14). The summed E-state index contributed by atoms with van der Waals surface area (Å²) < 4.78 is 10.9. The van der Waals surface area contributed by atoms with Crippen molar-refractivity contribution in [2.24, 2.45) is 0 Å². The Morgan fingerprint density at radius 2 is 1.93 bits per heavy atom. The lowest BCUT2D eigenvalue weighted by atomic mass is 10.5. The minimum Gasteiger partial charge on any atom is -0.341 e. The van der Waals surface area contributed by atoms with Crippen LogP contribution in [0.25, 0.3) is 0 Å². The fourth-order valence-corrected chi connectivity index (χ4v) is 1.50. The van der Waals surface area contributed by atoms with E-state index in [-0.39, 0.29) is 5.95 Å². The molecule has 0 unspecified atom stereocenters. The second-order valence-corrected chi connectivity index (χ2v) is 4.29. The third-order valence-corrected chi connectivity index (χ3v) is 2.59. The highest BCUT2D eigenvalue weighted by Gasteiger charge is 2.22. The van der Waals surface area contributed by atoms with Gasteiger partial charge >= 0.3 is 7.60 Å². The van der Waals surface area contributed by atoms with Gasteiger partial charge in [0.2, 0.25) is 11.5 Å². The number of aromatic nitrogens is 3. The lowest BCUT2D eigenvalue weighted by Crippen LogP contribution is -2.27. The van der Waals surface area contributed by atoms with Gasteiger partial charge in [0.15, 0.2) is 0 Å². The highest BCUT2D eigenvalue weighted by atomic mass is 31.2. The summed E-state index contributed by atoms with van der Waals surface area (Å²) >= 11 is 0. The third kappa shape index (κ3) is 2.95. The van der Waals surface area contributed by atoms with Crippen LogP contribution in [0.2, 0.25) is 0 Å². The summed E-state index contributed by atoms with van der Waals surface area (Å²) in [5.74, 6) is 0.285. The summed E-state index contributed by atoms with van der Waals surface area (Å²) in [6, 6.07) is 0. The first-order chi connectivity index (χ1) is 6.99. The molecule has 0 saturated heterocycles. The van der Waals surface area contributed by atoms with Gasteiger partial charge in [-0.05, 0) is 13.8 Å². The van der Waals surface area contributed by atoms with E-state index in [1.54, 1.807) is 4.90 Å². The van der Waals surface area contributed by atoms with Crippen LogP contribution >= 0.6 is 7.60 Å². The van der Waals surface area contributed by atoms with Crippen LogP contribution in [0.15, 0.2) is 6.33 Å². The molecular formula is C7H13N4O3P. The maximum absolute atomic E-state index is 10.9. The molecule has 0 aromatic carbocycles. The van der Waals surface area contributed by atoms with Crippen LogP contribution in [0.3, 0.4) is 0 Å². The average Bonchev–Trinajstić information content (AvgIpc) is 2.19. The van der Waals surface area contributed by atoms with Crippen LogP contribution in [-0.4, -0.2) is 37.8 Å². The van der Waals surface area contributed by atoms with Gasteiger partial charge in [0.1, 0.15) is 6.33 Å². The number of anilines is 1. The molecule has 84 valence electrons. The fraction of sp³-hybridized carbons (Fsp3) is 0.571. The average molecular weight is 232 g/mol. The van der Waals surface area contributed by atoms with Crippen molar-refractivity contribution >= 4 is 19.1 Å². The van der Waals surface area contributed by atoms with Crippen molar-refractivity contribution in [2.45, 2.75) is 13.8 Å². The van der Waals surface area contributed by atoms with Crippen molar-refractivity contribution in [2.75, 3.05) is 18.0 Å². The summed E-state index contributed by atoms with van der Waals surface area (Å²) in [5.41, 5.74) is -0.487. The normalized spacial score (nSPS) is 11.5. The third-order valence-electron chi connectivity index (χ3n) is 1.85. The molecule has 7 nitrogen and oxygen atoms in total. The Labute approximate surface area is 87.4 Å². The predicted octanol–water partition coefficient (Wildman–Crippen LogP) is -0.479. The SMILES string of the molecule is CCN(CC)c1ncnc(P(=O)(O)O)n1. The van der Waals surface area contributed by atoms with Crippen molar-refractivity contribution in [1.29, 1.82) is 0 Å². The van der Waals surface area contributed by atoms with Crippen molar-refractivity contribution < 1.29 is 14.4 Å². The van der Waals surface area contributed by atoms with Crippen molar-refractivity contribution in [3.8, 4) is 0 Å². The zero-order chi connectivity index (χ0) is 11.5. The monoisotopic (exact) mass is 232 g/mol. The molecule has 0 atom stereocenters. The minimum absolute atomic E-state index is 0.285. The molecule has 0 bridgehead atoms. The molecule has 0 aliphatic carbocycles. The Hall–Kier alpha value is -1.04. The Kier molecular flexibility index (Phi) is 3.73. The topological polar surface area (TPSA) is 99.4 Å². The molecule has 0 fully saturated rings. The molecule has 0 spiro atoms. The van der Waals surface area contributed by atoms with Crippen LogP contribution < -0.4 is 10.5 Å². The van der Waals surface area contributed by atoms with Crippen molar-refractivity contribution in [3.63, 3.8) is 0 Å². The smallest absolute Gasteiger partial charge is 0.341 e. The Balaban J connectivity index is 3.07. The molecule has 0 amide bonds. The first kappa shape index (κ1) is 12.0. The summed E-state index contributed by atoms with van der Waals surface area (Å²) in [6.45, 7) is 5.15. The maximum Gasteiger partial charge on any atom is 0.393 e. The summed E-state index contributed by atoms with van der Waals surface area (Å²) in [5, 5.41) is 0. The lowest BCUT2D eigenvalue weighted by molar-refractivity contribution is 0.384. The minimum atomic E-state index is -4.39. The second-order valence-electron chi connectivity index (χ2n) is 2.80. The van der Waals surface area contributed by atoms with Crippen molar-refractivity contribution in [1.82, 2.24) is 15.0 Å². The van der Waals surface area contributed by atoms with E-state index in [0.717, 1.165) is 6.33 Å². The van der Waals surface area contributed by atoms with Gasteiger partial charge in [-0.25, -0.2) is 9.97 Å². The molecule has 0 radical (unpaired) electrons. The first-order valence-corrected chi connectivity index (χ1v) is 6.10. The molecule has 8 heteroatoms. The van der Waals surface area contributed by atoms with Crippen LogP contribution in [0.5, 0.6) is 0 Å². The quantitative estimate of drug-likeness (QED) is 0.676. The zero-order valence-corrected chi connectivity index (χ0v) is 9.42. The van der Waals surface area contributed by atoms with E-state index in [2.05, 4.69) is 15.0 Å². The van der Waals surface area contributed by atoms with Gasteiger partial charge in [-0.15, -0.1) is 0 Å². The van der Waals surface area contributed by atoms with Gasteiger partial charge in [0, 0.05) is 13.1 Å². The molecule has 0 aliphatic rings. The molecule has 2 N–H and O–H groups in total. The molecule has 1 rings (SSSR count). The first-order valence-electron chi connectivity index (χ1n) is 4.49. The predicted molar refractivity (Wildman–Crippen MR) is 55.1 cm³/mol. The van der Waals surface area contributed by atoms with Gasteiger partial charge in [-0.2, -0.15) is 4.98 Å². The molecule has 1 aromatic rings. The summed E-state index contributed by atoms with van der Waals surface area (Å²) in [7, 11) is -4.39. The van der Waals surface area contributed by atoms with Gasteiger partial charge in [-0.3, -0.25) is 4.57 Å². The lowest BCUT2D eigenvalue weighted by Gasteiger charge is -2.18. The second kappa shape index (κ2) is 4.65. The van der Waals surface area contributed by atoms with Crippen LogP contribution in [-0.2, 0) is 4.57 Å². The molecule has 1 heterocycles. The van der Waals surface area contributed by atoms with E-state index in [9.17, 15) is 4.57 Å². The van der Waals surface area contributed by atoms with E-state index in [1.165, 1.54) is 0 Å². The van der Waals surface area contributed by atoms with Crippen LogP contribution in [0.1, 0.15) is 13.8 Å². The number of nitrogens with zero attached hydrogens (tertiary/aromatic N) is 4. The number of hydrogen-bond acceptors (Lipinski definition) is 5. The molecule has 0 saturated carbocycles. The highest BCUT2D eigenvalue weighted by molar-refractivity contribution is 7.59. The van der Waals surface area contributed by atoms with Crippen LogP contribution in [0.4, 0.5) is 5.95 Å². The van der Waals surface area contributed by atoms with E-state index < -0.39 is 13.2 Å². The molecule has 15 heavy (non-hydrogen) atoms. The summed E-state index contributed by atoms with van der Waals surface area (Å²) in [4.78, 5) is 30.6. The molecule has 1 aromatic heterocycles. The van der Waals surface area contributed by atoms with E-state index >= 15 is 0 Å². The van der Waals surface area contributed by atoms with Gasteiger partial charge in [-0.1, -0.05) is 0 Å². The Morgan fingerprint density at radius 3 is 2.40 bits per heavy atom. The van der Waals surface area contributed by atoms with Gasteiger partial charge in [0.25, 0.3) is 0 Å². The largest absolute Gasteiger partial charge is 0.393 e. The number of hydrogen-bond donors (Lipinski definition) is 2. The van der Waals surface area contributed by atoms with E-state index in [4.69, 9.17) is 9.79 Å².